The molecule has 1 aromatic rings. The lowest BCUT2D eigenvalue weighted by Crippen LogP contribution is -1.97. The largest absolute Gasteiger partial charge is 0.276 e. The van der Waals surface area contributed by atoms with Crippen LogP contribution in [0.2, 0.25) is 0 Å². The summed E-state index contributed by atoms with van der Waals surface area (Å²) in [5.74, 6) is -1.62. The van der Waals surface area contributed by atoms with E-state index >= 15 is 0 Å². The standard InChI is InChI=1S/C9H3BrF2N4/c10-9-7(11)1-5(2-8(9)12)15-16-6(3-13)4-14/h1-2,15H. The molecule has 0 spiro atoms. The topological polar surface area (TPSA) is 72.0 Å². The number of hydrogen-bond acceptors (Lipinski definition) is 4. The summed E-state index contributed by atoms with van der Waals surface area (Å²) in [5, 5.41) is 20.1. The highest BCUT2D eigenvalue weighted by atomic mass is 79.9. The second kappa shape index (κ2) is 5.19. The molecular weight excluding hydrogens is 282 g/mol. The normalized spacial score (nSPS) is 8.81. The molecule has 0 amide bonds. The van der Waals surface area contributed by atoms with E-state index in [4.69, 9.17) is 10.5 Å². The van der Waals surface area contributed by atoms with E-state index in [1.54, 1.807) is 0 Å². The summed E-state index contributed by atoms with van der Waals surface area (Å²) < 4.78 is 25.8. The van der Waals surface area contributed by atoms with E-state index in [9.17, 15) is 8.78 Å². The molecule has 16 heavy (non-hydrogen) atoms. The average Bonchev–Trinajstić information content (AvgIpc) is 2.27. The van der Waals surface area contributed by atoms with Gasteiger partial charge in [0.25, 0.3) is 0 Å². The van der Waals surface area contributed by atoms with Crippen LogP contribution in [0.3, 0.4) is 0 Å². The summed E-state index contributed by atoms with van der Waals surface area (Å²) in [4.78, 5) is 0. The van der Waals surface area contributed by atoms with Crippen molar-refractivity contribution in [3.63, 3.8) is 0 Å². The Kier molecular flexibility index (Phi) is 3.92. The Labute approximate surface area is 97.9 Å². The molecule has 1 rings (SSSR count). The van der Waals surface area contributed by atoms with Gasteiger partial charge in [-0.25, -0.2) is 8.78 Å². The predicted octanol–water partition coefficient (Wildman–Crippen LogP) is 2.54. The van der Waals surface area contributed by atoms with Crippen LogP contribution in [0.1, 0.15) is 0 Å². The van der Waals surface area contributed by atoms with Crippen LogP contribution >= 0.6 is 15.9 Å². The smallest absolute Gasteiger partial charge is 0.237 e. The summed E-state index contributed by atoms with van der Waals surface area (Å²) >= 11 is 2.70. The first-order valence-corrected chi connectivity index (χ1v) is 4.66. The third kappa shape index (κ3) is 2.75. The fraction of sp³-hybridized carbons (Fsp3) is 0. The number of hydrazone groups is 1. The number of nitriles is 2. The van der Waals surface area contributed by atoms with Crippen LogP contribution in [0.15, 0.2) is 21.7 Å². The Balaban J connectivity index is 2.98. The number of nitrogens with one attached hydrogen (secondary N) is 1. The minimum absolute atomic E-state index is 0.00111. The molecule has 0 heterocycles. The van der Waals surface area contributed by atoms with Crippen LogP contribution < -0.4 is 5.43 Å². The van der Waals surface area contributed by atoms with Crippen molar-refractivity contribution in [1.82, 2.24) is 0 Å². The molecule has 0 aliphatic heterocycles. The molecule has 0 saturated heterocycles. The van der Waals surface area contributed by atoms with Crippen LogP contribution in [0.25, 0.3) is 0 Å². The predicted molar refractivity (Wildman–Crippen MR) is 56.3 cm³/mol. The van der Waals surface area contributed by atoms with Crippen molar-refractivity contribution in [3.8, 4) is 12.1 Å². The van der Waals surface area contributed by atoms with Gasteiger partial charge in [0, 0.05) is 12.1 Å². The lowest BCUT2D eigenvalue weighted by Gasteiger charge is -2.02. The lowest BCUT2D eigenvalue weighted by atomic mass is 10.3. The van der Waals surface area contributed by atoms with Crippen molar-refractivity contribution in [2.24, 2.45) is 5.10 Å². The molecule has 0 aliphatic rings. The van der Waals surface area contributed by atoms with Gasteiger partial charge in [0.2, 0.25) is 5.71 Å². The average molecular weight is 285 g/mol. The van der Waals surface area contributed by atoms with Crippen molar-refractivity contribution in [2.45, 2.75) is 0 Å². The highest BCUT2D eigenvalue weighted by Gasteiger charge is 2.07. The molecule has 0 fully saturated rings. The summed E-state index contributed by atoms with van der Waals surface area (Å²) in [6, 6.07) is 4.93. The zero-order valence-corrected chi connectivity index (χ0v) is 9.22. The number of rotatable bonds is 2. The van der Waals surface area contributed by atoms with Crippen molar-refractivity contribution in [2.75, 3.05) is 5.43 Å². The Morgan fingerprint density at radius 3 is 2.19 bits per heavy atom. The number of anilines is 1. The van der Waals surface area contributed by atoms with Gasteiger partial charge in [0.1, 0.15) is 23.8 Å². The first-order chi connectivity index (χ1) is 7.58. The van der Waals surface area contributed by atoms with Crippen LogP contribution in [0.5, 0.6) is 0 Å². The quantitative estimate of drug-likeness (QED) is 0.515. The maximum Gasteiger partial charge on any atom is 0.237 e. The SMILES string of the molecule is N#CC(C#N)=NNc1cc(F)c(Br)c(F)c1. The van der Waals surface area contributed by atoms with Crippen molar-refractivity contribution in [3.05, 3.63) is 28.2 Å². The fourth-order valence-electron chi connectivity index (χ4n) is 0.816. The maximum atomic E-state index is 13.0. The second-order valence-corrected chi connectivity index (χ2v) is 3.34. The minimum Gasteiger partial charge on any atom is -0.276 e. The van der Waals surface area contributed by atoms with E-state index in [1.807, 2.05) is 0 Å². The number of halogens is 3. The molecule has 80 valence electrons. The van der Waals surface area contributed by atoms with E-state index in [-0.39, 0.29) is 10.2 Å². The summed E-state index contributed by atoms with van der Waals surface area (Å²) in [7, 11) is 0. The molecule has 0 unspecified atom stereocenters. The van der Waals surface area contributed by atoms with Gasteiger partial charge in [0.05, 0.1) is 10.2 Å². The van der Waals surface area contributed by atoms with Crippen LogP contribution in [0.4, 0.5) is 14.5 Å². The highest BCUT2D eigenvalue weighted by Crippen LogP contribution is 2.23. The number of benzene rings is 1. The Bertz CT molecular complexity index is 488. The first-order valence-electron chi connectivity index (χ1n) is 3.87. The summed E-state index contributed by atoms with van der Waals surface area (Å²) in [6.07, 6.45) is 0. The maximum absolute atomic E-state index is 13.0. The summed E-state index contributed by atoms with van der Waals surface area (Å²) in [5.41, 5.74) is 1.76. The molecule has 0 bridgehead atoms. The van der Waals surface area contributed by atoms with Gasteiger partial charge in [-0.3, -0.25) is 5.43 Å². The van der Waals surface area contributed by atoms with E-state index in [0.717, 1.165) is 12.1 Å². The Morgan fingerprint density at radius 2 is 1.75 bits per heavy atom. The first kappa shape index (κ1) is 12.1. The zero-order chi connectivity index (χ0) is 12.1. The van der Waals surface area contributed by atoms with Gasteiger partial charge in [-0.1, -0.05) is 0 Å². The second-order valence-electron chi connectivity index (χ2n) is 2.55. The van der Waals surface area contributed by atoms with Crippen LogP contribution in [-0.2, 0) is 0 Å². The van der Waals surface area contributed by atoms with E-state index < -0.39 is 17.3 Å². The molecule has 0 atom stereocenters. The monoisotopic (exact) mass is 284 g/mol. The molecule has 0 aliphatic carbocycles. The molecule has 7 heteroatoms. The van der Waals surface area contributed by atoms with Gasteiger partial charge in [-0.05, 0) is 15.9 Å². The van der Waals surface area contributed by atoms with Crippen molar-refractivity contribution < 1.29 is 8.78 Å². The van der Waals surface area contributed by atoms with Crippen LogP contribution in [-0.4, -0.2) is 5.71 Å². The third-order valence-corrected chi connectivity index (χ3v) is 2.25. The van der Waals surface area contributed by atoms with E-state index in [1.165, 1.54) is 12.1 Å². The lowest BCUT2D eigenvalue weighted by molar-refractivity contribution is 0.572. The fourth-order valence-corrected chi connectivity index (χ4v) is 1.04. The minimum atomic E-state index is -0.812. The Hall–Kier alpha value is -1.99. The van der Waals surface area contributed by atoms with Crippen molar-refractivity contribution in [1.29, 1.82) is 10.5 Å². The molecule has 1 N–H and O–H groups in total. The number of nitrogens with zero attached hydrogens (tertiary/aromatic N) is 3. The molecule has 4 nitrogen and oxygen atoms in total. The Morgan fingerprint density at radius 1 is 1.25 bits per heavy atom. The number of hydrogen-bond donors (Lipinski definition) is 1. The molecular formula is C9H3BrF2N4. The summed E-state index contributed by atoms with van der Waals surface area (Å²) in [6.45, 7) is 0. The van der Waals surface area contributed by atoms with Gasteiger partial charge >= 0.3 is 0 Å². The third-order valence-electron chi connectivity index (χ3n) is 1.49. The molecule has 0 aromatic heterocycles. The van der Waals surface area contributed by atoms with E-state index in [0.29, 0.717) is 0 Å². The van der Waals surface area contributed by atoms with Crippen LogP contribution in [0, 0.1) is 34.3 Å². The van der Waals surface area contributed by atoms with Gasteiger partial charge in [0.15, 0.2) is 0 Å². The van der Waals surface area contributed by atoms with Gasteiger partial charge < -0.3 is 0 Å². The molecule has 0 radical (unpaired) electrons. The molecule has 0 saturated carbocycles. The van der Waals surface area contributed by atoms with Gasteiger partial charge in [-0.15, -0.1) is 0 Å². The van der Waals surface area contributed by atoms with E-state index in [2.05, 4.69) is 26.5 Å². The molecule has 1 aromatic carbocycles. The zero-order valence-electron chi connectivity index (χ0n) is 7.63. The highest BCUT2D eigenvalue weighted by molar-refractivity contribution is 9.10. The van der Waals surface area contributed by atoms with Gasteiger partial charge in [-0.2, -0.15) is 15.6 Å². The van der Waals surface area contributed by atoms with Crippen molar-refractivity contribution >= 4 is 27.3 Å².